The number of amides is 2. The van der Waals surface area contributed by atoms with Crippen LogP contribution in [-0.4, -0.2) is 84.2 Å². The molecule has 7 N–H and O–H groups in total. The molecule has 0 unspecified atom stereocenters. The van der Waals surface area contributed by atoms with Crippen LogP contribution in [0.5, 0.6) is 0 Å². The molecule has 16 heteroatoms. The van der Waals surface area contributed by atoms with Gasteiger partial charge in [0.1, 0.15) is 17.9 Å². The molecule has 3 aromatic rings. The first kappa shape index (κ1) is 32.1. The molecule has 2 amide bonds. The molecule has 0 aliphatic rings. The van der Waals surface area contributed by atoms with Gasteiger partial charge in [-0.2, -0.15) is 0 Å². The van der Waals surface area contributed by atoms with Gasteiger partial charge in [-0.1, -0.05) is 18.2 Å². The Morgan fingerprint density at radius 2 is 1.72 bits per heavy atom. The number of nitrogens with zero attached hydrogens (tertiary/aromatic N) is 3. The molecule has 1 heterocycles. The number of anilines is 1. The summed E-state index contributed by atoms with van der Waals surface area (Å²) in [4.78, 5) is 79.8. The van der Waals surface area contributed by atoms with Crippen molar-refractivity contribution in [1.29, 1.82) is 0 Å². The van der Waals surface area contributed by atoms with Crippen molar-refractivity contribution >= 4 is 46.6 Å². The molecule has 0 saturated heterocycles. The summed E-state index contributed by atoms with van der Waals surface area (Å²) in [6, 6.07) is 6.13. The van der Waals surface area contributed by atoms with Gasteiger partial charge in [-0.25, -0.2) is 24.0 Å². The summed E-state index contributed by atoms with van der Waals surface area (Å²) >= 11 is 0. The van der Waals surface area contributed by atoms with Crippen LogP contribution in [-0.2, 0) is 25.7 Å². The largest absolute Gasteiger partial charge is 0.481 e. The van der Waals surface area contributed by atoms with Crippen LogP contribution in [0.2, 0.25) is 0 Å². The van der Waals surface area contributed by atoms with Crippen LogP contribution in [0.3, 0.4) is 0 Å². The van der Waals surface area contributed by atoms with Gasteiger partial charge >= 0.3 is 17.9 Å². The zero-order chi connectivity index (χ0) is 31.8. The number of halogens is 1. The van der Waals surface area contributed by atoms with Gasteiger partial charge in [-0.15, -0.1) is 0 Å². The van der Waals surface area contributed by atoms with E-state index in [1.54, 1.807) is 6.07 Å². The van der Waals surface area contributed by atoms with Gasteiger partial charge in [-0.3, -0.25) is 29.2 Å². The lowest BCUT2D eigenvalue weighted by Gasteiger charge is -2.36. The Labute approximate surface area is 242 Å². The van der Waals surface area contributed by atoms with E-state index in [9.17, 15) is 43.4 Å². The minimum Gasteiger partial charge on any atom is -0.481 e. The van der Waals surface area contributed by atoms with E-state index in [1.165, 1.54) is 36.3 Å². The van der Waals surface area contributed by atoms with Crippen LogP contribution in [0.25, 0.3) is 10.9 Å². The van der Waals surface area contributed by atoms with E-state index < -0.39 is 84.4 Å². The molecular weight excluding hydrogens is 571 g/mol. The number of hydrogen-bond donors (Lipinski definition) is 6. The second kappa shape index (κ2) is 14.0. The molecule has 15 nitrogen and oxygen atoms in total. The van der Waals surface area contributed by atoms with Gasteiger partial charge < -0.3 is 26.4 Å². The zero-order valence-electron chi connectivity index (χ0n) is 22.8. The number of carbonyl (C=O) groups excluding carboxylic acids is 2. The lowest BCUT2D eigenvalue weighted by molar-refractivity contribution is -0.168. The van der Waals surface area contributed by atoms with Crippen LogP contribution in [0.1, 0.15) is 41.6 Å². The Bertz CT molecular complexity index is 1610. The summed E-state index contributed by atoms with van der Waals surface area (Å²) in [6.07, 6.45) is -2.16. The van der Waals surface area contributed by atoms with E-state index in [1.807, 2.05) is 0 Å². The maximum absolute atomic E-state index is 14.0. The SMILES string of the molecule is CN(Cc1ccc2nc(N)[nH]c(=O)c2c1)N(C(=O)CC[C@H](NC(=O)c1ccccc1F)C(=O)O)[C@H](CCC(=O)O)C(=O)O. The van der Waals surface area contributed by atoms with Crippen molar-refractivity contribution in [3.05, 3.63) is 69.8 Å². The van der Waals surface area contributed by atoms with E-state index in [0.717, 1.165) is 17.1 Å². The Kier molecular flexibility index (Phi) is 10.5. The van der Waals surface area contributed by atoms with Crippen LogP contribution in [0.15, 0.2) is 47.3 Å². The molecule has 1 aromatic heterocycles. The maximum Gasteiger partial charge on any atom is 0.328 e. The molecule has 0 saturated carbocycles. The fourth-order valence-electron chi connectivity index (χ4n) is 4.38. The third-order valence-electron chi connectivity index (χ3n) is 6.40. The number of H-pyrrole nitrogens is 1. The van der Waals surface area contributed by atoms with Crippen molar-refractivity contribution in [3.8, 4) is 0 Å². The highest BCUT2D eigenvalue weighted by Crippen LogP contribution is 2.19. The van der Waals surface area contributed by atoms with Gasteiger partial charge in [0, 0.05) is 26.4 Å². The van der Waals surface area contributed by atoms with Crippen molar-refractivity contribution in [2.24, 2.45) is 0 Å². The number of hydrazine groups is 1. The highest BCUT2D eigenvalue weighted by atomic mass is 19.1. The van der Waals surface area contributed by atoms with Crippen molar-refractivity contribution in [3.63, 3.8) is 0 Å². The maximum atomic E-state index is 14.0. The highest BCUT2D eigenvalue weighted by Gasteiger charge is 2.34. The van der Waals surface area contributed by atoms with E-state index in [0.29, 0.717) is 11.1 Å². The van der Waals surface area contributed by atoms with Gasteiger partial charge in [0.05, 0.1) is 16.5 Å². The third-order valence-corrected chi connectivity index (χ3v) is 6.40. The molecular formula is C27H29FN6O9. The van der Waals surface area contributed by atoms with Crippen molar-refractivity contribution in [1.82, 2.24) is 25.3 Å². The molecule has 3 rings (SSSR count). The first-order chi connectivity index (χ1) is 20.3. The quantitative estimate of drug-likeness (QED) is 0.141. The van der Waals surface area contributed by atoms with E-state index in [2.05, 4.69) is 15.3 Å². The van der Waals surface area contributed by atoms with E-state index in [4.69, 9.17) is 10.8 Å². The number of aromatic amines is 1. The number of aliphatic carboxylic acids is 3. The summed E-state index contributed by atoms with van der Waals surface area (Å²) in [5.41, 5.74) is 5.38. The Morgan fingerprint density at radius 1 is 1.02 bits per heavy atom. The summed E-state index contributed by atoms with van der Waals surface area (Å²) < 4.78 is 14.0. The van der Waals surface area contributed by atoms with Crippen molar-refractivity contribution < 1.29 is 43.7 Å². The van der Waals surface area contributed by atoms with Gasteiger partial charge in [0.15, 0.2) is 0 Å². The average molecular weight is 601 g/mol. The molecule has 0 aliphatic carbocycles. The summed E-state index contributed by atoms with van der Waals surface area (Å²) in [5, 5.41) is 33.0. The lowest BCUT2D eigenvalue weighted by Crippen LogP contribution is -2.53. The first-order valence-corrected chi connectivity index (χ1v) is 12.8. The highest BCUT2D eigenvalue weighted by molar-refractivity contribution is 5.97. The van der Waals surface area contributed by atoms with Crippen LogP contribution < -0.4 is 16.6 Å². The minimum atomic E-state index is -1.66. The standard InChI is InChI=1S/C27H29FN6O9/c1-33(13-14-6-7-18-16(12-14)24(39)32-27(29)31-18)34(20(26(42)43)9-11-22(36)37)21(35)10-8-19(25(40)41)30-23(38)15-4-2-3-5-17(15)28/h2-7,12,19-20H,8-11,13H2,1H3,(H,30,38)(H,36,37)(H,40,41)(H,42,43)(H3,29,31,32,39)/t19-,20+/m0/s1. The predicted molar refractivity (Wildman–Crippen MR) is 148 cm³/mol. The predicted octanol–water partition coefficient (Wildman–Crippen LogP) is 0.801. The number of nitrogens with two attached hydrogens (primary N) is 1. The Hall–Kier alpha value is -5.38. The molecule has 0 fully saturated rings. The number of nitrogen functional groups attached to an aromatic ring is 1. The number of hydrogen-bond acceptors (Lipinski definition) is 9. The van der Waals surface area contributed by atoms with Gasteiger partial charge in [0.2, 0.25) is 11.9 Å². The average Bonchev–Trinajstić information content (AvgIpc) is 2.92. The number of rotatable bonds is 14. The summed E-state index contributed by atoms with van der Waals surface area (Å²) in [5.74, 6) is -7.23. The molecule has 43 heavy (non-hydrogen) atoms. The number of carboxylic acid groups (broad SMARTS) is 3. The van der Waals surface area contributed by atoms with Crippen LogP contribution >= 0.6 is 0 Å². The summed E-state index contributed by atoms with van der Waals surface area (Å²) in [7, 11) is 1.36. The van der Waals surface area contributed by atoms with Crippen LogP contribution in [0.4, 0.5) is 10.3 Å². The molecule has 228 valence electrons. The molecule has 0 radical (unpaired) electrons. The number of benzene rings is 2. The molecule has 0 bridgehead atoms. The zero-order valence-corrected chi connectivity index (χ0v) is 22.8. The van der Waals surface area contributed by atoms with Gasteiger partial charge in [0.25, 0.3) is 11.5 Å². The second-order valence-electron chi connectivity index (χ2n) is 9.53. The van der Waals surface area contributed by atoms with E-state index >= 15 is 0 Å². The topological polar surface area (TPSA) is 236 Å². The Balaban J connectivity index is 1.85. The van der Waals surface area contributed by atoms with Gasteiger partial charge in [-0.05, 0) is 42.7 Å². The molecule has 0 spiro atoms. The normalized spacial score (nSPS) is 12.4. The lowest BCUT2D eigenvalue weighted by atomic mass is 10.1. The fraction of sp³-hybridized carbons (Fsp3) is 0.296. The Morgan fingerprint density at radius 3 is 2.35 bits per heavy atom. The molecule has 2 aromatic carbocycles. The van der Waals surface area contributed by atoms with Crippen LogP contribution in [0, 0.1) is 5.82 Å². The number of carboxylic acids is 3. The monoisotopic (exact) mass is 600 g/mol. The molecule has 2 atom stereocenters. The summed E-state index contributed by atoms with van der Waals surface area (Å²) in [6.45, 7) is -0.130. The van der Waals surface area contributed by atoms with E-state index in [-0.39, 0.29) is 17.9 Å². The second-order valence-corrected chi connectivity index (χ2v) is 9.53. The first-order valence-electron chi connectivity index (χ1n) is 12.8. The van der Waals surface area contributed by atoms with Crippen molar-refractivity contribution in [2.45, 2.75) is 44.3 Å². The third kappa shape index (κ3) is 8.32. The number of aromatic nitrogens is 2. The molecule has 0 aliphatic heterocycles. The number of fused-ring (bicyclic) bond motifs is 1. The minimum absolute atomic E-state index is 0.0911. The van der Waals surface area contributed by atoms with Crippen molar-refractivity contribution in [2.75, 3.05) is 12.8 Å². The fourth-order valence-corrected chi connectivity index (χ4v) is 4.38. The number of nitrogens with one attached hydrogen (secondary N) is 2. The number of carbonyl (C=O) groups is 5. The smallest absolute Gasteiger partial charge is 0.328 e.